The highest BCUT2D eigenvalue weighted by atomic mass is 16.3. The van der Waals surface area contributed by atoms with Crippen molar-refractivity contribution in [1.82, 2.24) is 9.97 Å². The molecule has 2 heterocycles. The van der Waals surface area contributed by atoms with Gasteiger partial charge in [-0.15, -0.1) is 0 Å². The summed E-state index contributed by atoms with van der Waals surface area (Å²) >= 11 is 0. The summed E-state index contributed by atoms with van der Waals surface area (Å²) in [5, 5.41) is 28.7. The Morgan fingerprint density at radius 1 is 1.05 bits per heavy atom. The fourth-order valence-electron chi connectivity index (χ4n) is 1.28. The van der Waals surface area contributed by atoms with Gasteiger partial charge < -0.3 is 5.11 Å². The summed E-state index contributed by atoms with van der Waals surface area (Å²) in [7, 11) is 0. The lowest BCUT2D eigenvalue weighted by molar-refractivity contribution is 0.281. The Morgan fingerprint density at radius 3 is 1.95 bits per heavy atom. The SMILES string of the molecule is N#Cc1ccc(CN=[N+]=[N-])cn1.N#Cc1ccc(CO)cn1. The smallest absolute Gasteiger partial charge is 0.140 e. The summed E-state index contributed by atoms with van der Waals surface area (Å²) in [5.41, 5.74) is 10.3. The molecule has 0 aliphatic rings. The molecule has 0 amide bonds. The maximum atomic E-state index is 8.58. The average Bonchev–Trinajstić information content (AvgIpc) is 2.61. The predicted octanol–water partition coefficient (Wildman–Crippen LogP) is 2.21. The largest absolute Gasteiger partial charge is 0.392 e. The fourth-order valence-corrected chi connectivity index (χ4v) is 1.28. The zero-order valence-corrected chi connectivity index (χ0v) is 11.5. The Labute approximate surface area is 126 Å². The van der Waals surface area contributed by atoms with Crippen LogP contribution in [0.2, 0.25) is 0 Å². The van der Waals surface area contributed by atoms with E-state index in [9.17, 15) is 0 Å². The summed E-state index contributed by atoms with van der Waals surface area (Å²) in [4.78, 5) is 10.2. The molecule has 108 valence electrons. The van der Waals surface area contributed by atoms with Crippen molar-refractivity contribution in [3.63, 3.8) is 0 Å². The van der Waals surface area contributed by atoms with E-state index in [0.717, 1.165) is 11.1 Å². The molecule has 8 nitrogen and oxygen atoms in total. The highest BCUT2D eigenvalue weighted by Crippen LogP contribution is 2.00. The third-order valence-electron chi connectivity index (χ3n) is 2.38. The number of nitriles is 2. The van der Waals surface area contributed by atoms with Gasteiger partial charge in [0.25, 0.3) is 0 Å². The highest BCUT2D eigenvalue weighted by molar-refractivity contribution is 5.23. The van der Waals surface area contributed by atoms with Crippen LogP contribution in [0.3, 0.4) is 0 Å². The third kappa shape index (κ3) is 5.68. The first kappa shape index (κ1) is 16.6. The molecular formula is C14H11N7O. The molecule has 0 aliphatic carbocycles. The number of hydrogen-bond acceptors (Lipinski definition) is 6. The number of rotatable bonds is 3. The van der Waals surface area contributed by atoms with E-state index in [1.807, 2.05) is 12.1 Å². The number of aliphatic hydroxyl groups is 1. The third-order valence-corrected chi connectivity index (χ3v) is 2.38. The van der Waals surface area contributed by atoms with E-state index < -0.39 is 0 Å². The van der Waals surface area contributed by atoms with Crippen LogP contribution < -0.4 is 0 Å². The normalized spacial score (nSPS) is 8.50. The average molecular weight is 293 g/mol. The van der Waals surface area contributed by atoms with Crippen LogP contribution in [0.5, 0.6) is 0 Å². The first-order valence-electron chi connectivity index (χ1n) is 6.05. The van der Waals surface area contributed by atoms with Gasteiger partial charge in [0.1, 0.15) is 23.5 Å². The second-order valence-corrected chi connectivity index (χ2v) is 3.87. The minimum absolute atomic E-state index is 0.0291. The molecule has 2 rings (SSSR count). The topological polar surface area (TPSA) is 142 Å². The van der Waals surface area contributed by atoms with Crippen molar-refractivity contribution in [2.75, 3.05) is 0 Å². The Hall–Kier alpha value is -3.45. The number of nitrogens with zero attached hydrogens (tertiary/aromatic N) is 7. The van der Waals surface area contributed by atoms with Crippen LogP contribution in [0.15, 0.2) is 41.8 Å². The van der Waals surface area contributed by atoms with E-state index in [2.05, 4.69) is 20.0 Å². The second-order valence-electron chi connectivity index (χ2n) is 3.87. The quantitative estimate of drug-likeness (QED) is 0.524. The van der Waals surface area contributed by atoms with E-state index in [1.54, 1.807) is 24.3 Å². The van der Waals surface area contributed by atoms with Gasteiger partial charge in [-0.1, -0.05) is 17.2 Å². The van der Waals surface area contributed by atoms with Crippen molar-refractivity contribution >= 4 is 0 Å². The van der Waals surface area contributed by atoms with Gasteiger partial charge in [0, 0.05) is 17.3 Å². The molecule has 0 radical (unpaired) electrons. The van der Waals surface area contributed by atoms with E-state index in [0.29, 0.717) is 11.4 Å². The number of azide groups is 1. The van der Waals surface area contributed by atoms with Crippen molar-refractivity contribution < 1.29 is 5.11 Å². The minimum Gasteiger partial charge on any atom is -0.392 e. The molecular weight excluding hydrogens is 282 g/mol. The number of aliphatic hydroxyl groups excluding tert-OH is 1. The molecule has 0 bridgehead atoms. The van der Waals surface area contributed by atoms with Crippen molar-refractivity contribution in [2.24, 2.45) is 5.11 Å². The van der Waals surface area contributed by atoms with Crippen molar-refractivity contribution in [3.8, 4) is 12.1 Å². The zero-order chi connectivity index (χ0) is 16.2. The van der Waals surface area contributed by atoms with Crippen LogP contribution >= 0.6 is 0 Å². The van der Waals surface area contributed by atoms with Crippen LogP contribution in [0.4, 0.5) is 0 Å². The molecule has 0 fully saturated rings. The molecule has 0 spiro atoms. The molecule has 0 aromatic carbocycles. The van der Waals surface area contributed by atoms with E-state index >= 15 is 0 Å². The maximum Gasteiger partial charge on any atom is 0.140 e. The zero-order valence-electron chi connectivity index (χ0n) is 11.5. The molecule has 0 aliphatic heterocycles. The highest BCUT2D eigenvalue weighted by Gasteiger charge is 1.92. The van der Waals surface area contributed by atoms with Gasteiger partial charge in [0.05, 0.1) is 13.2 Å². The van der Waals surface area contributed by atoms with Crippen molar-refractivity contribution in [1.29, 1.82) is 10.5 Å². The first-order valence-corrected chi connectivity index (χ1v) is 6.05. The lowest BCUT2D eigenvalue weighted by Gasteiger charge is -1.92. The molecule has 0 saturated carbocycles. The maximum absolute atomic E-state index is 8.58. The molecule has 22 heavy (non-hydrogen) atoms. The minimum atomic E-state index is -0.0291. The van der Waals surface area contributed by atoms with Crippen LogP contribution in [-0.4, -0.2) is 15.1 Å². The fraction of sp³-hybridized carbons (Fsp3) is 0.143. The standard InChI is InChI=1S/C7H5N5.C7H6N2O/c8-3-7-2-1-6(4-10-7)5-11-12-9;8-3-7-2-1-6(5-10)4-9-7/h1-2,4H,5H2;1-2,4,10H,5H2. The van der Waals surface area contributed by atoms with Crippen LogP contribution in [-0.2, 0) is 13.2 Å². The lowest BCUT2D eigenvalue weighted by atomic mass is 10.2. The van der Waals surface area contributed by atoms with Gasteiger partial charge in [-0.2, -0.15) is 10.5 Å². The van der Waals surface area contributed by atoms with Crippen molar-refractivity contribution in [2.45, 2.75) is 13.2 Å². The molecule has 2 aromatic rings. The van der Waals surface area contributed by atoms with Crippen LogP contribution in [0.1, 0.15) is 22.5 Å². The predicted molar refractivity (Wildman–Crippen MR) is 76.7 cm³/mol. The van der Waals surface area contributed by atoms with Gasteiger partial charge in [-0.25, -0.2) is 9.97 Å². The monoisotopic (exact) mass is 293 g/mol. The van der Waals surface area contributed by atoms with Gasteiger partial charge in [0.2, 0.25) is 0 Å². The molecule has 0 unspecified atom stereocenters. The van der Waals surface area contributed by atoms with Gasteiger partial charge in [-0.05, 0) is 28.8 Å². The number of hydrogen-bond donors (Lipinski definition) is 1. The summed E-state index contributed by atoms with van der Waals surface area (Å²) < 4.78 is 0. The van der Waals surface area contributed by atoms with Crippen molar-refractivity contribution in [3.05, 3.63) is 69.6 Å². The Bertz CT molecular complexity index is 720. The molecule has 0 saturated heterocycles. The lowest BCUT2D eigenvalue weighted by Crippen LogP contribution is -1.86. The molecule has 8 heteroatoms. The van der Waals surface area contributed by atoms with Crippen LogP contribution in [0, 0.1) is 22.7 Å². The van der Waals surface area contributed by atoms with E-state index in [1.165, 1.54) is 12.4 Å². The first-order chi connectivity index (χ1) is 10.7. The van der Waals surface area contributed by atoms with Gasteiger partial charge >= 0.3 is 0 Å². The van der Waals surface area contributed by atoms with Gasteiger partial charge in [-0.3, -0.25) is 0 Å². The summed E-state index contributed by atoms with van der Waals surface area (Å²) in [5.74, 6) is 0. The summed E-state index contributed by atoms with van der Waals surface area (Å²) in [6.45, 7) is 0.244. The Morgan fingerprint density at radius 2 is 1.59 bits per heavy atom. The summed E-state index contributed by atoms with van der Waals surface area (Å²) in [6, 6.07) is 10.3. The number of aromatic nitrogens is 2. The number of pyridine rings is 2. The Balaban J connectivity index is 0.000000224. The molecule has 2 aromatic heterocycles. The summed E-state index contributed by atoms with van der Waals surface area (Å²) in [6.07, 6.45) is 3.01. The second kappa shape index (κ2) is 9.45. The van der Waals surface area contributed by atoms with Crippen LogP contribution in [0.25, 0.3) is 10.4 Å². The molecule has 0 atom stereocenters. The van der Waals surface area contributed by atoms with Gasteiger partial charge in [0.15, 0.2) is 0 Å². The Kier molecular flexibility index (Phi) is 7.13. The van der Waals surface area contributed by atoms with E-state index in [4.69, 9.17) is 21.2 Å². The van der Waals surface area contributed by atoms with E-state index in [-0.39, 0.29) is 13.2 Å². The molecule has 1 N–H and O–H groups in total.